The zero-order valence-corrected chi connectivity index (χ0v) is 27.6. The van der Waals surface area contributed by atoms with Crippen molar-refractivity contribution in [2.45, 2.75) is 115 Å². The minimum atomic E-state index is -1.89. The van der Waals surface area contributed by atoms with Crippen LogP contribution in [0.4, 0.5) is 0 Å². The van der Waals surface area contributed by atoms with E-state index in [0.29, 0.717) is 57.6 Å². The first-order chi connectivity index (χ1) is 19.0. The lowest BCUT2D eigenvalue weighted by atomic mass is 9.92. The molecule has 0 bridgehead atoms. The van der Waals surface area contributed by atoms with Gasteiger partial charge in [-0.1, -0.05) is 95.1 Å². The van der Waals surface area contributed by atoms with Crippen molar-refractivity contribution in [1.82, 2.24) is 4.90 Å². The van der Waals surface area contributed by atoms with Gasteiger partial charge in [-0.2, -0.15) is 0 Å². The average Bonchev–Trinajstić information content (AvgIpc) is 3.28. The molecule has 2 aliphatic rings. The van der Waals surface area contributed by atoms with Gasteiger partial charge in [0.25, 0.3) is 0 Å². The van der Waals surface area contributed by atoms with Crippen molar-refractivity contribution in [3.63, 3.8) is 0 Å². The van der Waals surface area contributed by atoms with E-state index < -0.39 is 8.32 Å². The quantitative estimate of drug-likeness (QED) is 0.240. The summed E-state index contributed by atoms with van der Waals surface area (Å²) in [7, 11) is -1.89. The molecule has 4 rings (SSSR count). The predicted molar refractivity (Wildman–Crippen MR) is 169 cm³/mol. The summed E-state index contributed by atoms with van der Waals surface area (Å²) in [6.07, 6.45) is 5.87. The summed E-state index contributed by atoms with van der Waals surface area (Å²) in [6.45, 7) is 15.4. The first-order valence-corrected chi connectivity index (χ1v) is 18.0. The van der Waals surface area contributed by atoms with Gasteiger partial charge in [0.1, 0.15) is 12.4 Å². The summed E-state index contributed by atoms with van der Waals surface area (Å²) < 4.78 is 13.0. The van der Waals surface area contributed by atoms with Crippen LogP contribution in [0.2, 0.25) is 26.7 Å². The molecule has 2 aromatic rings. The largest absolute Gasteiger partial charge is 0.489 e. The first kappa shape index (κ1) is 31.4. The number of rotatable bonds is 11. The van der Waals surface area contributed by atoms with E-state index in [1.165, 1.54) is 0 Å². The van der Waals surface area contributed by atoms with Gasteiger partial charge >= 0.3 is 0 Å². The number of carbonyl (C=O) groups excluding carboxylic acids is 1. The molecular formula is C33H47Cl2NO3Si. The lowest BCUT2D eigenvalue weighted by molar-refractivity contribution is -0.133. The highest BCUT2D eigenvalue weighted by Crippen LogP contribution is 2.45. The highest BCUT2D eigenvalue weighted by atomic mass is 35.5. The van der Waals surface area contributed by atoms with Crippen molar-refractivity contribution in [3.8, 4) is 5.75 Å². The molecule has 220 valence electrons. The second-order valence-corrected chi connectivity index (χ2v) is 18.9. The zero-order valence-electron chi connectivity index (χ0n) is 25.1. The first-order valence-electron chi connectivity index (χ1n) is 15.2. The standard InChI is InChI=1S/C33H47Cl2NO3Si/c1-22(2)40(23(3)4,24(5)6)39-28-14-12-27(13-15-28)36-17-16-26(33(36)37)18-30-31(34)19-29(20-32(30)35)38-21-25-10-8-7-9-11-25/h7-11,19-20,22-24,26-28H,12-18,21H2,1-6H3/t26-,27-,28-/m0/s1. The van der Waals surface area contributed by atoms with E-state index in [9.17, 15) is 4.79 Å². The minimum absolute atomic E-state index is 0.0806. The van der Waals surface area contributed by atoms with Crippen LogP contribution in [0.15, 0.2) is 42.5 Å². The molecule has 1 saturated carbocycles. The molecule has 1 heterocycles. The van der Waals surface area contributed by atoms with Gasteiger partial charge in [0.15, 0.2) is 0 Å². The van der Waals surface area contributed by atoms with Crippen LogP contribution < -0.4 is 4.74 Å². The third-order valence-electron chi connectivity index (χ3n) is 9.33. The van der Waals surface area contributed by atoms with Gasteiger partial charge in [-0.3, -0.25) is 4.79 Å². The molecule has 0 N–H and O–H groups in total. The van der Waals surface area contributed by atoms with Gasteiger partial charge in [-0.05, 0) is 78.4 Å². The molecule has 4 nitrogen and oxygen atoms in total. The van der Waals surface area contributed by atoms with E-state index >= 15 is 0 Å². The van der Waals surface area contributed by atoms with Crippen molar-refractivity contribution in [3.05, 3.63) is 63.6 Å². The Labute approximate surface area is 252 Å². The maximum absolute atomic E-state index is 13.5. The third-order valence-corrected chi connectivity index (χ3v) is 16.2. The molecule has 1 aliphatic heterocycles. The predicted octanol–water partition coefficient (Wildman–Crippen LogP) is 9.47. The van der Waals surface area contributed by atoms with Gasteiger partial charge in [0.2, 0.25) is 14.2 Å². The molecule has 0 spiro atoms. The maximum Gasteiger partial charge on any atom is 0.226 e. The molecular weight excluding hydrogens is 557 g/mol. The van der Waals surface area contributed by atoms with Crippen molar-refractivity contribution in [2.24, 2.45) is 5.92 Å². The number of ether oxygens (including phenoxy) is 1. The van der Waals surface area contributed by atoms with Crippen LogP contribution in [0.25, 0.3) is 0 Å². The smallest absolute Gasteiger partial charge is 0.226 e. The fourth-order valence-corrected chi connectivity index (χ4v) is 13.6. The minimum Gasteiger partial charge on any atom is -0.489 e. The summed E-state index contributed by atoms with van der Waals surface area (Å²) in [5, 5.41) is 1.13. The number of halogens is 2. The summed E-state index contributed by atoms with van der Waals surface area (Å²) in [4.78, 5) is 15.7. The van der Waals surface area contributed by atoms with Crippen LogP contribution in [0.3, 0.4) is 0 Å². The Bertz CT molecular complexity index is 1090. The van der Waals surface area contributed by atoms with Crippen molar-refractivity contribution in [1.29, 1.82) is 0 Å². The van der Waals surface area contributed by atoms with Gasteiger partial charge in [0.05, 0.1) is 0 Å². The SMILES string of the molecule is CC(C)[Si](O[C@H]1CC[C@H](N2CC[C@@H](Cc3c(Cl)cc(OCc4ccccc4)cc3Cl)C2=O)CC1)(C(C)C)C(C)C. The van der Waals surface area contributed by atoms with Crippen molar-refractivity contribution >= 4 is 37.4 Å². The van der Waals surface area contributed by atoms with Crippen LogP contribution in [-0.4, -0.2) is 37.8 Å². The lowest BCUT2D eigenvalue weighted by Crippen LogP contribution is -2.51. The van der Waals surface area contributed by atoms with Gasteiger partial charge in [-0.15, -0.1) is 0 Å². The Morgan fingerprint density at radius 3 is 2.00 bits per heavy atom. The Kier molecular flexibility index (Phi) is 10.7. The number of benzene rings is 2. The fourth-order valence-electron chi connectivity index (χ4n) is 7.33. The Morgan fingerprint density at radius 2 is 1.45 bits per heavy atom. The molecule has 7 heteroatoms. The highest BCUT2D eigenvalue weighted by Gasteiger charge is 2.47. The third kappa shape index (κ3) is 6.91. The number of amides is 1. The van der Waals surface area contributed by atoms with E-state index in [0.717, 1.165) is 49.8 Å². The number of carbonyl (C=O) groups is 1. The molecule has 2 fully saturated rings. The van der Waals surface area contributed by atoms with E-state index in [2.05, 4.69) is 46.4 Å². The molecule has 0 radical (unpaired) electrons. The molecule has 0 unspecified atom stereocenters. The second kappa shape index (κ2) is 13.6. The zero-order chi connectivity index (χ0) is 29.0. The van der Waals surface area contributed by atoms with E-state index in [1.807, 2.05) is 42.5 Å². The summed E-state index contributed by atoms with van der Waals surface area (Å²) in [5.74, 6) is 0.805. The monoisotopic (exact) mass is 603 g/mol. The summed E-state index contributed by atoms with van der Waals surface area (Å²) in [5.41, 5.74) is 3.69. The molecule has 2 aromatic carbocycles. The molecule has 0 aromatic heterocycles. The average molecular weight is 605 g/mol. The number of hydrogen-bond acceptors (Lipinski definition) is 3. The molecule has 40 heavy (non-hydrogen) atoms. The van der Waals surface area contributed by atoms with Gasteiger partial charge in [-0.25, -0.2) is 0 Å². The highest BCUT2D eigenvalue weighted by molar-refractivity contribution is 6.77. The van der Waals surface area contributed by atoms with Crippen LogP contribution in [0.5, 0.6) is 5.75 Å². The van der Waals surface area contributed by atoms with Crippen LogP contribution in [0.1, 0.15) is 84.8 Å². The van der Waals surface area contributed by atoms with Gasteiger partial charge in [0, 0.05) is 34.7 Å². The number of hydrogen-bond donors (Lipinski definition) is 0. The van der Waals surface area contributed by atoms with Crippen LogP contribution in [-0.2, 0) is 22.2 Å². The maximum atomic E-state index is 13.5. The lowest BCUT2D eigenvalue weighted by Gasteiger charge is -2.46. The van der Waals surface area contributed by atoms with Crippen LogP contribution in [0, 0.1) is 5.92 Å². The fraction of sp³-hybridized carbons (Fsp3) is 0.606. The Balaban J connectivity index is 1.33. The molecule has 1 aliphatic carbocycles. The van der Waals surface area contributed by atoms with Crippen molar-refractivity contribution in [2.75, 3.05) is 6.54 Å². The normalized spacial score (nSPS) is 22.1. The van der Waals surface area contributed by atoms with E-state index in [4.69, 9.17) is 32.4 Å². The van der Waals surface area contributed by atoms with E-state index in [1.54, 1.807) is 0 Å². The molecule has 1 saturated heterocycles. The Morgan fingerprint density at radius 1 is 0.875 bits per heavy atom. The molecule has 1 atom stereocenters. The number of likely N-dealkylation sites (tertiary alicyclic amines) is 1. The summed E-state index contributed by atoms with van der Waals surface area (Å²) >= 11 is 13.3. The number of nitrogens with zero attached hydrogens (tertiary/aromatic N) is 1. The second-order valence-electron chi connectivity index (χ2n) is 12.7. The van der Waals surface area contributed by atoms with E-state index in [-0.39, 0.29) is 11.8 Å². The topological polar surface area (TPSA) is 38.8 Å². The van der Waals surface area contributed by atoms with Crippen LogP contribution >= 0.6 is 23.2 Å². The van der Waals surface area contributed by atoms with Gasteiger partial charge < -0.3 is 14.1 Å². The molecule has 1 amide bonds. The van der Waals surface area contributed by atoms with Crippen molar-refractivity contribution < 1.29 is 14.0 Å². The Hall–Kier alpha value is -1.53. The summed E-state index contributed by atoms with van der Waals surface area (Å²) in [6, 6.07) is 13.9.